The van der Waals surface area contributed by atoms with E-state index in [1.54, 1.807) is 0 Å². The summed E-state index contributed by atoms with van der Waals surface area (Å²) in [6.07, 6.45) is 7.68. The zero-order chi connectivity index (χ0) is 12.7. The van der Waals surface area contributed by atoms with Gasteiger partial charge in [0.2, 0.25) is 0 Å². The number of hydrogen-bond acceptors (Lipinski definition) is 2. The minimum Gasteiger partial charge on any atom is -0.492 e. The summed E-state index contributed by atoms with van der Waals surface area (Å²) < 4.78 is 6.59. The van der Waals surface area contributed by atoms with Gasteiger partial charge in [-0.15, -0.1) is 12.3 Å². The number of unbranched alkanes of at least 4 members (excludes halogenated alkanes) is 1. The van der Waals surface area contributed by atoms with Gasteiger partial charge >= 0.3 is 0 Å². The van der Waals surface area contributed by atoms with Crippen molar-refractivity contribution in [1.29, 1.82) is 0 Å². The molecule has 0 heterocycles. The van der Waals surface area contributed by atoms with Crippen LogP contribution in [0.3, 0.4) is 0 Å². The fourth-order valence-corrected chi connectivity index (χ4v) is 2.06. The Labute approximate surface area is 112 Å². The molecule has 17 heavy (non-hydrogen) atoms. The SMILES string of the molecule is C#CCCCOc1ccc(CC(C)N)cc1Br. The Morgan fingerprint density at radius 1 is 1.53 bits per heavy atom. The summed E-state index contributed by atoms with van der Waals surface area (Å²) in [5.74, 6) is 3.45. The molecule has 2 N–H and O–H groups in total. The first-order chi connectivity index (χ1) is 8.13. The maximum Gasteiger partial charge on any atom is 0.133 e. The van der Waals surface area contributed by atoms with E-state index in [4.69, 9.17) is 16.9 Å². The maximum absolute atomic E-state index is 5.76. The van der Waals surface area contributed by atoms with Gasteiger partial charge in [0.15, 0.2) is 0 Å². The molecule has 1 aromatic carbocycles. The van der Waals surface area contributed by atoms with Crippen molar-refractivity contribution >= 4 is 15.9 Å². The van der Waals surface area contributed by atoms with Crippen molar-refractivity contribution in [2.75, 3.05) is 6.61 Å². The normalized spacial score (nSPS) is 11.9. The van der Waals surface area contributed by atoms with E-state index in [1.807, 2.05) is 19.1 Å². The molecule has 0 aliphatic carbocycles. The van der Waals surface area contributed by atoms with Crippen LogP contribution in [0.1, 0.15) is 25.3 Å². The quantitative estimate of drug-likeness (QED) is 0.646. The molecule has 0 spiro atoms. The Bertz CT molecular complexity index is 396. The smallest absolute Gasteiger partial charge is 0.133 e. The molecular formula is C14H18BrNO. The first-order valence-electron chi connectivity index (χ1n) is 5.73. The Hall–Kier alpha value is -0.980. The summed E-state index contributed by atoms with van der Waals surface area (Å²) >= 11 is 3.50. The van der Waals surface area contributed by atoms with Crippen LogP contribution in [0, 0.1) is 12.3 Å². The molecule has 0 aliphatic heterocycles. The van der Waals surface area contributed by atoms with Crippen molar-refractivity contribution in [2.45, 2.75) is 32.2 Å². The van der Waals surface area contributed by atoms with Crippen molar-refractivity contribution in [2.24, 2.45) is 5.73 Å². The number of rotatable bonds is 6. The van der Waals surface area contributed by atoms with E-state index in [1.165, 1.54) is 5.56 Å². The van der Waals surface area contributed by atoms with Crippen LogP contribution in [-0.2, 0) is 6.42 Å². The highest BCUT2D eigenvalue weighted by atomic mass is 79.9. The van der Waals surface area contributed by atoms with E-state index in [-0.39, 0.29) is 6.04 Å². The largest absolute Gasteiger partial charge is 0.492 e. The van der Waals surface area contributed by atoms with Gasteiger partial charge in [-0.05, 0) is 53.4 Å². The molecule has 0 amide bonds. The third-order valence-electron chi connectivity index (χ3n) is 2.28. The lowest BCUT2D eigenvalue weighted by Crippen LogP contribution is -2.17. The first-order valence-corrected chi connectivity index (χ1v) is 6.53. The molecule has 1 aromatic rings. The number of terminal acetylenes is 1. The summed E-state index contributed by atoms with van der Waals surface area (Å²) in [5, 5.41) is 0. The molecule has 0 fully saturated rings. The Balaban J connectivity index is 2.54. The zero-order valence-electron chi connectivity index (χ0n) is 10.1. The van der Waals surface area contributed by atoms with Gasteiger partial charge in [-0.1, -0.05) is 6.07 Å². The van der Waals surface area contributed by atoms with E-state index in [2.05, 4.69) is 27.9 Å². The minimum absolute atomic E-state index is 0.171. The van der Waals surface area contributed by atoms with Crippen LogP contribution in [0.4, 0.5) is 0 Å². The maximum atomic E-state index is 5.76. The lowest BCUT2D eigenvalue weighted by atomic mass is 10.1. The number of hydrogen-bond donors (Lipinski definition) is 1. The molecule has 0 aliphatic rings. The summed E-state index contributed by atoms with van der Waals surface area (Å²) in [6, 6.07) is 6.24. The van der Waals surface area contributed by atoms with Gasteiger partial charge in [-0.25, -0.2) is 0 Å². The topological polar surface area (TPSA) is 35.2 Å². The van der Waals surface area contributed by atoms with E-state index >= 15 is 0 Å². The lowest BCUT2D eigenvalue weighted by molar-refractivity contribution is 0.311. The average molecular weight is 296 g/mol. The van der Waals surface area contributed by atoms with Crippen LogP contribution in [0.5, 0.6) is 5.75 Å². The Kier molecular flexibility index (Phi) is 6.10. The van der Waals surface area contributed by atoms with E-state index < -0.39 is 0 Å². The second-order valence-corrected chi connectivity index (χ2v) is 4.96. The lowest BCUT2D eigenvalue weighted by Gasteiger charge is -2.10. The van der Waals surface area contributed by atoms with Crippen molar-refractivity contribution in [1.82, 2.24) is 0 Å². The van der Waals surface area contributed by atoms with Gasteiger partial charge < -0.3 is 10.5 Å². The number of benzene rings is 1. The molecule has 1 unspecified atom stereocenters. The Morgan fingerprint density at radius 3 is 2.88 bits per heavy atom. The molecule has 0 radical (unpaired) electrons. The predicted octanol–water partition coefficient (Wildman–Crippen LogP) is 3.13. The van der Waals surface area contributed by atoms with Crippen LogP contribution >= 0.6 is 15.9 Å². The van der Waals surface area contributed by atoms with Crippen molar-refractivity contribution in [3.8, 4) is 18.1 Å². The Morgan fingerprint density at radius 2 is 2.29 bits per heavy atom. The molecule has 3 heteroatoms. The number of nitrogens with two attached hydrogens (primary N) is 1. The predicted molar refractivity (Wildman–Crippen MR) is 75.1 cm³/mol. The van der Waals surface area contributed by atoms with Crippen LogP contribution in [0.15, 0.2) is 22.7 Å². The summed E-state index contributed by atoms with van der Waals surface area (Å²) in [6.45, 7) is 2.65. The van der Waals surface area contributed by atoms with Crippen LogP contribution in [0.25, 0.3) is 0 Å². The average Bonchev–Trinajstić information content (AvgIpc) is 2.26. The number of halogens is 1. The van der Waals surface area contributed by atoms with Gasteiger partial charge in [0, 0.05) is 12.5 Å². The molecule has 1 atom stereocenters. The third kappa shape index (κ3) is 5.25. The van der Waals surface area contributed by atoms with Gasteiger partial charge in [0.05, 0.1) is 11.1 Å². The molecule has 2 nitrogen and oxygen atoms in total. The monoisotopic (exact) mass is 295 g/mol. The highest BCUT2D eigenvalue weighted by Gasteiger charge is 2.04. The zero-order valence-corrected chi connectivity index (χ0v) is 11.7. The molecule has 0 aromatic heterocycles. The fraction of sp³-hybridized carbons (Fsp3) is 0.429. The number of ether oxygens (including phenoxy) is 1. The summed E-state index contributed by atoms with van der Waals surface area (Å²) in [7, 11) is 0. The van der Waals surface area contributed by atoms with Crippen molar-refractivity contribution < 1.29 is 4.74 Å². The summed E-state index contributed by atoms with van der Waals surface area (Å²) in [4.78, 5) is 0. The van der Waals surface area contributed by atoms with Crippen LogP contribution in [-0.4, -0.2) is 12.6 Å². The molecule has 92 valence electrons. The van der Waals surface area contributed by atoms with Crippen LogP contribution in [0.2, 0.25) is 0 Å². The van der Waals surface area contributed by atoms with Gasteiger partial charge in [-0.2, -0.15) is 0 Å². The first kappa shape index (κ1) is 14.1. The minimum atomic E-state index is 0.171. The highest BCUT2D eigenvalue weighted by Crippen LogP contribution is 2.26. The third-order valence-corrected chi connectivity index (χ3v) is 2.90. The summed E-state index contributed by atoms with van der Waals surface area (Å²) in [5.41, 5.74) is 6.97. The highest BCUT2D eigenvalue weighted by molar-refractivity contribution is 9.10. The fourth-order valence-electron chi connectivity index (χ4n) is 1.52. The molecule has 1 rings (SSSR count). The second kappa shape index (κ2) is 7.37. The van der Waals surface area contributed by atoms with Crippen molar-refractivity contribution in [3.63, 3.8) is 0 Å². The van der Waals surface area contributed by atoms with Gasteiger partial charge in [0.25, 0.3) is 0 Å². The van der Waals surface area contributed by atoms with E-state index in [0.717, 1.165) is 29.5 Å². The molecule has 0 bridgehead atoms. The molecule has 0 saturated carbocycles. The van der Waals surface area contributed by atoms with E-state index in [9.17, 15) is 0 Å². The molecular weight excluding hydrogens is 278 g/mol. The standard InChI is InChI=1S/C14H18BrNO/c1-3-4-5-8-17-14-7-6-12(9-11(2)16)10-13(14)15/h1,6-7,10-11H,4-5,8-9,16H2,2H3. The van der Waals surface area contributed by atoms with Crippen LogP contribution < -0.4 is 10.5 Å². The van der Waals surface area contributed by atoms with Crippen molar-refractivity contribution in [3.05, 3.63) is 28.2 Å². The van der Waals surface area contributed by atoms with Gasteiger partial charge in [0.1, 0.15) is 5.75 Å². The molecule has 0 saturated heterocycles. The van der Waals surface area contributed by atoms with Gasteiger partial charge in [-0.3, -0.25) is 0 Å². The van der Waals surface area contributed by atoms with E-state index in [0.29, 0.717) is 6.61 Å². The second-order valence-electron chi connectivity index (χ2n) is 4.10.